The van der Waals surface area contributed by atoms with Crippen LogP contribution in [0.5, 0.6) is 0 Å². The first kappa shape index (κ1) is 14.3. The lowest BCUT2D eigenvalue weighted by Crippen LogP contribution is -2.55. The van der Waals surface area contributed by atoms with E-state index in [1.54, 1.807) is 4.90 Å². The van der Waals surface area contributed by atoms with E-state index in [1.165, 1.54) is 0 Å². The molecule has 0 aromatic rings. The average Bonchev–Trinajstić information content (AvgIpc) is 2.35. The van der Waals surface area contributed by atoms with Gasteiger partial charge in [-0.25, -0.2) is 0 Å². The lowest BCUT2D eigenvalue weighted by molar-refractivity contribution is -0.156. The number of piperidine rings is 1. The molecule has 1 amide bonds. The summed E-state index contributed by atoms with van der Waals surface area (Å²) < 4.78 is 5.66. The number of hydrogen-bond donors (Lipinski definition) is 1. The Morgan fingerprint density at radius 1 is 1.42 bits per heavy atom. The Labute approximate surface area is 113 Å². The lowest BCUT2D eigenvalue weighted by Gasteiger charge is -2.42. The van der Waals surface area contributed by atoms with Gasteiger partial charge >= 0.3 is 5.97 Å². The third-order valence-corrected chi connectivity index (χ3v) is 4.40. The summed E-state index contributed by atoms with van der Waals surface area (Å²) in [6.07, 6.45) is 3.56. The maximum Gasteiger partial charge on any atom is 0.308 e. The van der Waals surface area contributed by atoms with Gasteiger partial charge in [0, 0.05) is 25.6 Å². The van der Waals surface area contributed by atoms with Crippen LogP contribution in [0.2, 0.25) is 0 Å². The maximum absolute atomic E-state index is 12.1. The minimum absolute atomic E-state index is 0.0617. The van der Waals surface area contributed by atoms with Gasteiger partial charge < -0.3 is 14.7 Å². The Morgan fingerprint density at radius 3 is 2.74 bits per heavy atom. The first-order valence-electron chi connectivity index (χ1n) is 7.14. The summed E-state index contributed by atoms with van der Waals surface area (Å²) in [5.41, 5.74) is 0. The molecule has 5 nitrogen and oxygen atoms in total. The SMILES string of the molecule is CC1CC(=O)N(CC2CCCCO2)C(C)C1C(=O)O. The zero-order chi connectivity index (χ0) is 14.0. The highest BCUT2D eigenvalue weighted by Gasteiger charge is 2.42. The van der Waals surface area contributed by atoms with Crippen LogP contribution in [0.4, 0.5) is 0 Å². The second-order valence-corrected chi connectivity index (χ2v) is 5.82. The minimum Gasteiger partial charge on any atom is -0.481 e. The van der Waals surface area contributed by atoms with Crippen molar-refractivity contribution in [3.05, 3.63) is 0 Å². The van der Waals surface area contributed by atoms with Crippen molar-refractivity contribution in [3.8, 4) is 0 Å². The van der Waals surface area contributed by atoms with E-state index in [2.05, 4.69) is 0 Å². The van der Waals surface area contributed by atoms with Crippen LogP contribution >= 0.6 is 0 Å². The highest BCUT2D eigenvalue weighted by atomic mass is 16.5. The van der Waals surface area contributed by atoms with E-state index in [0.29, 0.717) is 13.0 Å². The van der Waals surface area contributed by atoms with Gasteiger partial charge in [0.05, 0.1) is 12.0 Å². The van der Waals surface area contributed by atoms with Crippen LogP contribution in [0.15, 0.2) is 0 Å². The molecule has 4 unspecified atom stereocenters. The van der Waals surface area contributed by atoms with Crippen molar-refractivity contribution in [2.75, 3.05) is 13.2 Å². The van der Waals surface area contributed by atoms with E-state index in [1.807, 2.05) is 13.8 Å². The molecule has 108 valence electrons. The molecule has 1 N–H and O–H groups in total. The van der Waals surface area contributed by atoms with E-state index >= 15 is 0 Å². The first-order chi connectivity index (χ1) is 9.00. The molecule has 5 heteroatoms. The number of carboxylic acid groups (broad SMARTS) is 1. The molecule has 2 aliphatic heterocycles. The van der Waals surface area contributed by atoms with Crippen LogP contribution in [-0.4, -0.2) is 47.2 Å². The van der Waals surface area contributed by atoms with Gasteiger partial charge in [0.2, 0.25) is 5.91 Å². The van der Waals surface area contributed by atoms with Crippen molar-refractivity contribution in [3.63, 3.8) is 0 Å². The van der Waals surface area contributed by atoms with Gasteiger partial charge in [-0.2, -0.15) is 0 Å². The number of likely N-dealkylation sites (tertiary alicyclic amines) is 1. The molecule has 0 spiro atoms. The largest absolute Gasteiger partial charge is 0.481 e. The fourth-order valence-corrected chi connectivity index (χ4v) is 3.30. The summed E-state index contributed by atoms with van der Waals surface area (Å²) in [6, 6.07) is -0.251. The topological polar surface area (TPSA) is 66.8 Å². The molecule has 0 aliphatic carbocycles. The Bertz CT molecular complexity index is 351. The van der Waals surface area contributed by atoms with E-state index < -0.39 is 11.9 Å². The molecular weight excluding hydrogens is 246 g/mol. The molecule has 2 rings (SSSR count). The summed E-state index contributed by atoms with van der Waals surface area (Å²) in [5, 5.41) is 9.32. The first-order valence-corrected chi connectivity index (χ1v) is 7.14. The molecule has 0 bridgehead atoms. The summed E-state index contributed by atoms with van der Waals surface area (Å²) in [6.45, 7) is 4.98. The van der Waals surface area contributed by atoms with Crippen LogP contribution in [0, 0.1) is 11.8 Å². The van der Waals surface area contributed by atoms with Gasteiger partial charge in [0.15, 0.2) is 0 Å². The van der Waals surface area contributed by atoms with Gasteiger partial charge in [-0.1, -0.05) is 6.92 Å². The molecule has 0 aromatic heterocycles. The molecule has 0 aromatic carbocycles. The highest BCUT2D eigenvalue weighted by molar-refractivity contribution is 5.81. The van der Waals surface area contributed by atoms with Crippen LogP contribution in [0.3, 0.4) is 0 Å². The Kier molecular flexibility index (Phi) is 4.45. The number of ether oxygens (including phenoxy) is 1. The summed E-state index contributed by atoms with van der Waals surface area (Å²) in [4.78, 5) is 25.2. The van der Waals surface area contributed by atoms with Crippen molar-refractivity contribution in [2.24, 2.45) is 11.8 Å². The van der Waals surface area contributed by atoms with Gasteiger partial charge in [0.25, 0.3) is 0 Å². The molecule has 2 fully saturated rings. The molecule has 2 heterocycles. The van der Waals surface area contributed by atoms with Gasteiger partial charge in [-0.05, 0) is 32.1 Å². The number of aliphatic carboxylic acids is 1. The predicted octanol–water partition coefficient (Wildman–Crippen LogP) is 1.51. The number of amides is 1. The molecule has 0 saturated carbocycles. The molecule has 0 radical (unpaired) electrons. The van der Waals surface area contributed by atoms with Crippen molar-refractivity contribution < 1.29 is 19.4 Å². The number of carbonyl (C=O) groups is 2. The van der Waals surface area contributed by atoms with Gasteiger partial charge in [0.1, 0.15) is 0 Å². The summed E-state index contributed by atoms with van der Waals surface area (Å²) in [7, 11) is 0. The predicted molar refractivity (Wildman–Crippen MR) is 69.7 cm³/mol. The van der Waals surface area contributed by atoms with E-state index in [9.17, 15) is 14.7 Å². The van der Waals surface area contributed by atoms with E-state index in [4.69, 9.17) is 4.74 Å². The van der Waals surface area contributed by atoms with Crippen molar-refractivity contribution in [1.82, 2.24) is 4.90 Å². The normalized spacial score (nSPS) is 36.3. The molecule has 2 saturated heterocycles. The fourth-order valence-electron chi connectivity index (χ4n) is 3.30. The zero-order valence-electron chi connectivity index (χ0n) is 11.7. The fraction of sp³-hybridized carbons (Fsp3) is 0.857. The average molecular weight is 269 g/mol. The molecular formula is C14H23NO4. The second-order valence-electron chi connectivity index (χ2n) is 5.82. The Hall–Kier alpha value is -1.10. The number of carbonyl (C=O) groups excluding carboxylic acids is 1. The minimum atomic E-state index is -0.804. The monoisotopic (exact) mass is 269 g/mol. The van der Waals surface area contributed by atoms with Gasteiger partial charge in [-0.3, -0.25) is 9.59 Å². The number of nitrogens with zero attached hydrogens (tertiary/aromatic N) is 1. The van der Waals surface area contributed by atoms with Crippen LogP contribution in [0.1, 0.15) is 39.5 Å². The number of carboxylic acids is 1. The summed E-state index contributed by atoms with van der Waals surface area (Å²) >= 11 is 0. The second kappa shape index (κ2) is 5.90. The van der Waals surface area contributed by atoms with Crippen molar-refractivity contribution in [2.45, 2.75) is 51.7 Å². The van der Waals surface area contributed by atoms with E-state index in [-0.39, 0.29) is 24.0 Å². The van der Waals surface area contributed by atoms with E-state index in [0.717, 1.165) is 25.9 Å². The van der Waals surface area contributed by atoms with Crippen molar-refractivity contribution in [1.29, 1.82) is 0 Å². The summed E-state index contributed by atoms with van der Waals surface area (Å²) in [5.74, 6) is -1.31. The standard InChI is InChI=1S/C14H23NO4/c1-9-7-12(16)15(10(2)13(9)14(17)18)8-11-5-3-4-6-19-11/h9-11,13H,3-8H2,1-2H3,(H,17,18). The highest BCUT2D eigenvalue weighted by Crippen LogP contribution is 2.31. The Balaban J connectivity index is 2.04. The zero-order valence-corrected chi connectivity index (χ0v) is 11.7. The van der Waals surface area contributed by atoms with Gasteiger partial charge in [-0.15, -0.1) is 0 Å². The third-order valence-electron chi connectivity index (χ3n) is 4.40. The third kappa shape index (κ3) is 3.08. The maximum atomic E-state index is 12.1. The lowest BCUT2D eigenvalue weighted by atomic mass is 9.81. The quantitative estimate of drug-likeness (QED) is 0.843. The smallest absolute Gasteiger partial charge is 0.308 e. The molecule has 19 heavy (non-hydrogen) atoms. The molecule has 4 atom stereocenters. The molecule has 2 aliphatic rings. The number of hydrogen-bond acceptors (Lipinski definition) is 3. The van der Waals surface area contributed by atoms with Crippen LogP contribution in [-0.2, 0) is 14.3 Å². The van der Waals surface area contributed by atoms with Crippen LogP contribution in [0.25, 0.3) is 0 Å². The number of rotatable bonds is 3. The van der Waals surface area contributed by atoms with Crippen molar-refractivity contribution >= 4 is 11.9 Å². The van der Waals surface area contributed by atoms with Crippen LogP contribution < -0.4 is 0 Å². The Morgan fingerprint density at radius 2 is 2.16 bits per heavy atom.